The van der Waals surface area contributed by atoms with Crippen LogP contribution in [0.25, 0.3) is 0 Å². The first-order valence-electron chi connectivity index (χ1n) is 6.06. The van der Waals surface area contributed by atoms with E-state index >= 15 is 0 Å². The molecule has 0 aliphatic heterocycles. The number of pyridine rings is 1. The monoisotopic (exact) mass is 250 g/mol. The van der Waals surface area contributed by atoms with E-state index in [9.17, 15) is 9.90 Å². The summed E-state index contributed by atoms with van der Waals surface area (Å²) < 4.78 is 0. The topological polar surface area (TPSA) is 62.2 Å². The Kier molecular flexibility index (Phi) is 4.12. The van der Waals surface area contributed by atoms with Gasteiger partial charge in [0.15, 0.2) is 0 Å². The summed E-state index contributed by atoms with van der Waals surface area (Å²) >= 11 is 0. The van der Waals surface area contributed by atoms with Gasteiger partial charge < -0.3 is 10.4 Å². The molecule has 0 aliphatic rings. The molecule has 0 radical (unpaired) electrons. The predicted molar refractivity (Wildman–Crippen MR) is 72.3 cm³/mol. The van der Waals surface area contributed by atoms with Crippen molar-refractivity contribution in [2.24, 2.45) is 5.41 Å². The maximum absolute atomic E-state index is 12.0. The molecule has 0 atom stereocenters. The molecule has 1 rings (SSSR count). The largest absolute Gasteiger partial charge is 0.390 e. The van der Waals surface area contributed by atoms with Crippen molar-refractivity contribution in [2.75, 3.05) is 5.32 Å². The lowest BCUT2D eigenvalue weighted by Gasteiger charge is -2.22. The zero-order valence-corrected chi connectivity index (χ0v) is 11.7. The van der Waals surface area contributed by atoms with Crippen molar-refractivity contribution in [1.82, 2.24) is 4.98 Å². The van der Waals surface area contributed by atoms with E-state index in [-0.39, 0.29) is 5.91 Å². The molecule has 18 heavy (non-hydrogen) atoms. The normalized spacial score (nSPS) is 12.3. The molecule has 1 aromatic heterocycles. The summed E-state index contributed by atoms with van der Waals surface area (Å²) in [5, 5.41) is 12.7. The third-order valence-corrected chi connectivity index (χ3v) is 2.46. The highest BCUT2D eigenvalue weighted by Gasteiger charge is 2.23. The molecule has 0 bridgehead atoms. The Labute approximate surface area is 108 Å². The average molecular weight is 250 g/mol. The summed E-state index contributed by atoms with van der Waals surface area (Å²) in [6.07, 6.45) is 3.74. The van der Waals surface area contributed by atoms with Crippen molar-refractivity contribution in [3.63, 3.8) is 0 Å². The minimum Gasteiger partial charge on any atom is -0.390 e. The number of hydrogen-bond donors (Lipinski definition) is 2. The molecule has 4 heteroatoms. The predicted octanol–water partition coefficient (Wildman–Crippen LogP) is 2.38. The Morgan fingerprint density at radius 2 is 1.94 bits per heavy atom. The lowest BCUT2D eigenvalue weighted by atomic mass is 9.94. The summed E-state index contributed by atoms with van der Waals surface area (Å²) in [7, 11) is 0. The molecule has 4 nitrogen and oxygen atoms in total. The van der Waals surface area contributed by atoms with Crippen molar-refractivity contribution < 1.29 is 9.90 Å². The first-order chi connectivity index (χ1) is 8.09. The van der Waals surface area contributed by atoms with Gasteiger partial charge in [0.05, 0.1) is 17.5 Å². The zero-order chi connectivity index (χ0) is 14.0. The van der Waals surface area contributed by atoms with Crippen molar-refractivity contribution in [3.05, 3.63) is 24.0 Å². The van der Waals surface area contributed by atoms with Crippen LogP contribution in [0.4, 0.5) is 5.69 Å². The molecule has 0 saturated carbocycles. The van der Waals surface area contributed by atoms with Crippen LogP contribution in [-0.2, 0) is 11.2 Å². The van der Waals surface area contributed by atoms with Crippen molar-refractivity contribution in [3.8, 4) is 0 Å². The number of nitrogens with one attached hydrogen (secondary N) is 1. The summed E-state index contributed by atoms with van der Waals surface area (Å²) in [4.78, 5) is 16.0. The number of aromatic nitrogens is 1. The van der Waals surface area contributed by atoms with Gasteiger partial charge in [-0.05, 0) is 25.5 Å². The molecular weight excluding hydrogens is 228 g/mol. The van der Waals surface area contributed by atoms with Crippen LogP contribution in [0.2, 0.25) is 0 Å². The Morgan fingerprint density at radius 3 is 2.44 bits per heavy atom. The smallest absolute Gasteiger partial charge is 0.229 e. The maximum Gasteiger partial charge on any atom is 0.229 e. The fourth-order valence-corrected chi connectivity index (χ4v) is 1.47. The Balaban J connectivity index is 2.93. The van der Waals surface area contributed by atoms with Gasteiger partial charge in [-0.15, -0.1) is 0 Å². The van der Waals surface area contributed by atoms with Crippen molar-refractivity contribution in [1.29, 1.82) is 0 Å². The van der Waals surface area contributed by atoms with Crippen molar-refractivity contribution >= 4 is 11.6 Å². The number of nitrogens with zero attached hydrogens (tertiary/aromatic N) is 1. The van der Waals surface area contributed by atoms with Crippen LogP contribution in [0.1, 0.15) is 40.2 Å². The van der Waals surface area contributed by atoms with Crippen LogP contribution in [0, 0.1) is 5.41 Å². The second-order valence-corrected chi connectivity index (χ2v) is 6.23. The number of amides is 1. The number of rotatable bonds is 3. The summed E-state index contributed by atoms with van der Waals surface area (Å²) in [5.41, 5.74) is 0.277. The first-order valence-corrected chi connectivity index (χ1v) is 6.06. The summed E-state index contributed by atoms with van der Waals surface area (Å²) in [5.74, 6) is -0.0625. The minimum absolute atomic E-state index is 0.0625. The molecule has 0 unspecified atom stereocenters. The van der Waals surface area contributed by atoms with Gasteiger partial charge in [-0.1, -0.05) is 20.8 Å². The number of anilines is 1. The van der Waals surface area contributed by atoms with Gasteiger partial charge in [-0.25, -0.2) is 0 Å². The molecule has 100 valence electrons. The van der Waals surface area contributed by atoms with Crippen LogP contribution in [0.5, 0.6) is 0 Å². The molecule has 1 heterocycles. The van der Waals surface area contributed by atoms with E-state index < -0.39 is 11.0 Å². The van der Waals surface area contributed by atoms with E-state index in [4.69, 9.17) is 0 Å². The van der Waals surface area contributed by atoms with E-state index in [1.165, 1.54) is 0 Å². The number of carbonyl (C=O) groups excluding carboxylic acids is 1. The second-order valence-electron chi connectivity index (χ2n) is 6.23. The molecule has 0 spiro atoms. The third-order valence-electron chi connectivity index (χ3n) is 2.46. The van der Waals surface area contributed by atoms with Gasteiger partial charge in [0.2, 0.25) is 5.91 Å². The van der Waals surface area contributed by atoms with Gasteiger partial charge in [-0.3, -0.25) is 9.78 Å². The average Bonchev–Trinajstić information content (AvgIpc) is 2.17. The van der Waals surface area contributed by atoms with Gasteiger partial charge in [0.25, 0.3) is 0 Å². The lowest BCUT2D eigenvalue weighted by molar-refractivity contribution is -0.123. The zero-order valence-electron chi connectivity index (χ0n) is 11.7. The van der Waals surface area contributed by atoms with Gasteiger partial charge >= 0.3 is 0 Å². The lowest BCUT2D eigenvalue weighted by Crippen LogP contribution is -2.29. The summed E-state index contributed by atoms with van der Waals surface area (Å²) in [6, 6.07) is 1.82. The van der Waals surface area contributed by atoms with Gasteiger partial charge in [-0.2, -0.15) is 0 Å². The highest BCUT2D eigenvalue weighted by Crippen LogP contribution is 2.22. The van der Waals surface area contributed by atoms with Gasteiger partial charge in [0.1, 0.15) is 0 Å². The third kappa shape index (κ3) is 4.45. The molecule has 0 aliphatic carbocycles. The standard InChI is InChI=1S/C14H22N2O2/c1-13(2,3)12(17)16-11-9-15-7-6-10(11)8-14(4,5)18/h6-7,9,18H,8H2,1-5H3,(H,16,17). The van der Waals surface area contributed by atoms with E-state index in [1.807, 2.05) is 26.8 Å². The quantitative estimate of drug-likeness (QED) is 0.865. The Bertz CT molecular complexity index is 428. The second kappa shape index (κ2) is 5.06. The van der Waals surface area contributed by atoms with Crippen LogP contribution >= 0.6 is 0 Å². The highest BCUT2D eigenvalue weighted by molar-refractivity contribution is 5.95. The van der Waals surface area contributed by atoms with E-state index in [1.54, 1.807) is 26.2 Å². The fourth-order valence-electron chi connectivity index (χ4n) is 1.47. The molecule has 0 saturated heterocycles. The Hall–Kier alpha value is -1.42. The maximum atomic E-state index is 12.0. The van der Waals surface area contributed by atoms with Crippen LogP contribution in [-0.4, -0.2) is 21.6 Å². The SMILES string of the molecule is CC(C)(O)Cc1ccncc1NC(=O)C(C)(C)C. The highest BCUT2D eigenvalue weighted by atomic mass is 16.3. The molecule has 2 N–H and O–H groups in total. The Morgan fingerprint density at radius 1 is 1.33 bits per heavy atom. The fraction of sp³-hybridized carbons (Fsp3) is 0.571. The van der Waals surface area contributed by atoms with E-state index in [2.05, 4.69) is 10.3 Å². The van der Waals surface area contributed by atoms with Crippen LogP contribution in [0.3, 0.4) is 0 Å². The number of aliphatic hydroxyl groups is 1. The summed E-state index contributed by atoms with van der Waals surface area (Å²) in [6.45, 7) is 9.04. The molecule has 0 fully saturated rings. The number of carbonyl (C=O) groups is 1. The van der Waals surface area contributed by atoms with Crippen molar-refractivity contribution in [2.45, 2.75) is 46.6 Å². The molecule has 1 amide bonds. The van der Waals surface area contributed by atoms with E-state index in [0.29, 0.717) is 12.1 Å². The minimum atomic E-state index is -0.817. The van der Waals surface area contributed by atoms with E-state index in [0.717, 1.165) is 5.56 Å². The number of hydrogen-bond acceptors (Lipinski definition) is 3. The molecular formula is C14H22N2O2. The van der Waals surface area contributed by atoms with Crippen LogP contribution < -0.4 is 5.32 Å². The molecule has 0 aromatic carbocycles. The van der Waals surface area contributed by atoms with Crippen LogP contribution in [0.15, 0.2) is 18.5 Å². The van der Waals surface area contributed by atoms with Gasteiger partial charge in [0, 0.05) is 18.0 Å². The molecule has 1 aromatic rings. The first kappa shape index (κ1) is 14.6.